The number of halogens is 1. The van der Waals surface area contributed by atoms with E-state index in [1.165, 1.54) is 12.1 Å². The van der Waals surface area contributed by atoms with Crippen LogP contribution in [0.1, 0.15) is 36.3 Å². The smallest absolute Gasteiger partial charge is 0.123 e. The van der Waals surface area contributed by atoms with Gasteiger partial charge in [-0.2, -0.15) is 0 Å². The first-order valence-electron chi connectivity index (χ1n) is 7.10. The van der Waals surface area contributed by atoms with Crippen LogP contribution >= 0.6 is 0 Å². The van der Waals surface area contributed by atoms with Crippen LogP contribution in [-0.2, 0) is 6.42 Å². The number of aromatic nitrogens is 1. The Morgan fingerprint density at radius 2 is 1.90 bits per heavy atom. The molecule has 20 heavy (non-hydrogen) atoms. The average Bonchev–Trinajstić information content (AvgIpc) is 2.45. The third-order valence-electron chi connectivity index (χ3n) is 3.26. The number of rotatable bonds is 6. The zero-order chi connectivity index (χ0) is 14.4. The summed E-state index contributed by atoms with van der Waals surface area (Å²) in [5, 5.41) is 3.52. The van der Waals surface area contributed by atoms with Crippen molar-refractivity contribution in [2.75, 3.05) is 6.54 Å². The lowest BCUT2D eigenvalue weighted by atomic mass is 10.0. The molecule has 2 rings (SSSR count). The quantitative estimate of drug-likeness (QED) is 0.865. The predicted molar refractivity (Wildman–Crippen MR) is 80.1 cm³/mol. The van der Waals surface area contributed by atoms with Crippen molar-refractivity contribution >= 4 is 0 Å². The fraction of sp³-hybridized carbons (Fsp3) is 0.353. The molecule has 3 heteroatoms. The van der Waals surface area contributed by atoms with Crippen LogP contribution in [0.15, 0.2) is 42.5 Å². The molecule has 0 bridgehead atoms. The lowest BCUT2D eigenvalue weighted by Gasteiger charge is -2.18. The number of nitrogens with one attached hydrogen (secondary N) is 1. The van der Waals surface area contributed by atoms with Crippen LogP contribution < -0.4 is 5.32 Å². The lowest BCUT2D eigenvalue weighted by Crippen LogP contribution is -2.25. The maximum Gasteiger partial charge on any atom is 0.123 e. The number of benzene rings is 1. The fourth-order valence-electron chi connectivity index (χ4n) is 2.21. The normalized spacial score (nSPS) is 12.3. The van der Waals surface area contributed by atoms with E-state index in [0.717, 1.165) is 36.3 Å². The van der Waals surface area contributed by atoms with Crippen LogP contribution in [0.2, 0.25) is 0 Å². The van der Waals surface area contributed by atoms with Crippen LogP contribution in [0.25, 0.3) is 0 Å². The van der Waals surface area contributed by atoms with Crippen molar-refractivity contribution < 1.29 is 4.39 Å². The molecule has 106 valence electrons. The molecule has 1 atom stereocenters. The molecule has 0 amide bonds. The van der Waals surface area contributed by atoms with Gasteiger partial charge in [0, 0.05) is 5.69 Å². The maximum atomic E-state index is 13.0. The Morgan fingerprint density at radius 1 is 1.15 bits per heavy atom. The molecular weight excluding hydrogens is 251 g/mol. The van der Waals surface area contributed by atoms with Crippen LogP contribution in [0.3, 0.4) is 0 Å². The van der Waals surface area contributed by atoms with Crippen LogP contribution in [0, 0.1) is 12.7 Å². The summed E-state index contributed by atoms with van der Waals surface area (Å²) in [4.78, 5) is 4.60. The predicted octanol–water partition coefficient (Wildman–Crippen LogP) is 3.81. The van der Waals surface area contributed by atoms with Crippen molar-refractivity contribution in [2.24, 2.45) is 0 Å². The first kappa shape index (κ1) is 14.7. The SMILES string of the molecule is CCCNC(Cc1ccc(F)cc1)c1cccc(C)n1. The molecule has 0 aliphatic heterocycles. The Kier molecular flexibility index (Phi) is 5.24. The van der Waals surface area contributed by atoms with E-state index >= 15 is 0 Å². The van der Waals surface area contributed by atoms with Gasteiger partial charge in [-0.1, -0.05) is 25.1 Å². The number of nitrogens with zero attached hydrogens (tertiary/aromatic N) is 1. The topological polar surface area (TPSA) is 24.9 Å². The number of hydrogen-bond acceptors (Lipinski definition) is 2. The molecule has 0 saturated carbocycles. The van der Waals surface area contributed by atoms with Gasteiger partial charge in [0.15, 0.2) is 0 Å². The summed E-state index contributed by atoms with van der Waals surface area (Å²) in [7, 11) is 0. The minimum Gasteiger partial charge on any atom is -0.308 e. The third-order valence-corrected chi connectivity index (χ3v) is 3.26. The molecule has 0 aliphatic rings. The molecule has 0 radical (unpaired) electrons. The van der Waals surface area contributed by atoms with Gasteiger partial charge in [-0.05, 0) is 56.1 Å². The van der Waals surface area contributed by atoms with Gasteiger partial charge in [-0.15, -0.1) is 0 Å². The molecule has 2 aromatic rings. The standard InChI is InChI=1S/C17H21FN2/c1-3-11-19-17(16-6-4-5-13(2)20-16)12-14-7-9-15(18)10-8-14/h4-10,17,19H,3,11-12H2,1-2H3. The monoisotopic (exact) mass is 272 g/mol. The summed E-state index contributed by atoms with van der Waals surface area (Å²) < 4.78 is 13.0. The van der Waals surface area contributed by atoms with Gasteiger partial charge in [0.2, 0.25) is 0 Å². The van der Waals surface area contributed by atoms with Gasteiger partial charge in [-0.25, -0.2) is 4.39 Å². The van der Waals surface area contributed by atoms with Crippen molar-refractivity contribution in [3.63, 3.8) is 0 Å². The zero-order valence-corrected chi connectivity index (χ0v) is 12.1. The van der Waals surface area contributed by atoms with E-state index in [4.69, 9.17) is 0 Å². The maximum absolute atomic E-state index is 13.0. The molecule has 1 aromatic carbocycles. The fourth-order valence-corrected chi connectivity index (χ4v) is 2.21. The van der Waals surface area contributed by atoms with Gasteiger partial charge in [0.05, 0.1) is 11.7 Å². The highest BCUT2D eigenvalue weighted by molar-refractivity contribution is 5.21. The van der Waals surface area contributed by atoms with E-state index < -0.39 is 0 Å². The van der Waals surface area contributed by atoms with E-state index in [2.05, 4.69) is 17.2 Å². The summed E-state index contributed by atoms with van der Waals surface area (Å²) in [5.41, 5.74) is 3.18. The molecule has 2 nitrogen and oxygen atoms in total. The van der Waals surface area contributed by atoms with Gasteiger partial charge in [0.25, 0.3) is 0 Å². The van der Waals surface area contributed by atoms with Crippen LogP contribution in [-0.4, -0.2) is 11.5 Å². The second-order valence-corrected chi connectivity index (χ2v) is 5.04. The van der Waals surface area contributed by atoms with Gasteiger partial charge < -0.3 is 5.32 Å². The lowest BCUT2D eigenvalue weighted by molar-refractivity contribution is 0.516. The van der Waals surface area contributed by atoms with E-state index in [9.17, 15) is 4.39 Å². The second-order valence-electron chi connectivity index (χ2n) is 5.04. The van der Waals surface area contributed by atoms with E-state index in [1.807, 2.05) is 37.3 Å². The number of pyridine rings is 1. The zero-order valence-electron chi connectivity index (χ0n) is 12.1. The molecule has 1 unspecified atom stereocenters. The Hall–Kier alpha value is -1.74. The van der Waals surface area contributed by atoms with Crippen molar-refractivity contribution in [1.82, 2.24) is 10.3 Å². The highest BCUT2D eigenvalue weighted by atomic mass is 19.1. The van der Waals surface area contributed by atoms with Gasteiger partial charge in [0.1, 0.15) is 5.82 Å². The first-order valence-corrected chi connectivity index (χ1v) is 7.10. The Labute approximate surface area is 120 Å². The van der Waals surface area contributed by atoms with Crippen LogP contribution in [0.5, 0.6) is 0 Å². The van der Waals surface area contributed by atoms with Gasteiger partial charge in [-0.3, -0.25) is 4.98 Å². The van der Waals surface area contributed by atoms with Crippen molar-refractivity contribution in [3.8, 4) is 0 Å². The van der Waals surface area contributed by atoms with E-state index in [1.54, 1.807) is 0 Å². The molecule has 0 fully saturated rings. The van der Waals surface area contributed by atoms with Gasteiger partial charge >= 0.3 is 0 Å². The summed E-state index contributed by atoms with van der Waals surface area (Å²) in [5.74, 6) is -0.194. The highest BCUT2D eigenvalue weighted by Gasteiger charge is 2.13. The Bertz CT molecular complexity index is 537. The average molecular weight is 272 g/mol. The van der Waals surface area contributed by atoms with E-state index in [-0.39, 0.29) is 11.9 Å². The molecular formula is C17H21FN2. The first-order chi connectivity index (χ1) is 9.69. The molecule has 0 spiro atoms. The molecule has 0 saturated heterocycles. The van der Waals surface area contributed by atoms with Crippen molar-refractivity contribution in [2.45, 2.75) is 32.7 Å². The molecule has 0 aliphatic carbocycles. The molecule has 1 aromatic heterocycles. The van der Waals surface area contributed by atoms with Crippen LogP contribution in [0.4, 0.5) is 4.39 Å². The largest absolute Gasteiger partial charge is 0.308 e. The summed E-state index contributed by atoms with van der Waals surface area (Å²) in [6.07, 6.45) is 1.89. The third kappa shape index (κ3) is 4.14. The summed E-state index contributed by atoms with van der Waals surface area (Å²) in [6, 6.07) is 12.9. The summed E-state index contributed by atoms with van der Waals surface area (Å²) in [6.45, 7) is 5.09. The minimum atomic E-state index is -0.194. The number of hydrogen-bond donors (Lipinski definition) is 1. The molecule has 1 heterocycles. The van der Waals surface area contributed by atoms with E-state index in [0.29, 0.717) is 0 Å². The molecule has 1 N–H and O–H groups in total. The number of aryl methyl sites for hydroxylation is 1. The van der Waals surface area contributed by atoms with Crippen molar-refractivity contribution in [1.29, 1.82) is 0 Å². The Balaban J connectivity index is 2.16. The Morgan fingerprint density at radius 3 is 2.55 bits per heavy atom. The summed E-state index contributed by atoms with van der Waals surface area (Å²) >= 11 is 0. The minimum absolute atomic E-state index is 0.167. The highest BCUT2D eigenvalue weighted by Crippen LogP contribution is 2.17. The van der Waals surface area contributed by atoms with Crippen molar-refractivity contribution in [3.05, 3.63) is 65.2 Å². The second kappa shape index (κ2) is 7.15.